The zero-order valence-electron chi connectivity index (χ0n) is 12.9. The smallest absolute Gasteiger partial charge is 0.0119 e. The Hall–Kier alpha value is -2.34. The van der Waals surface area contributed by atoms with Crippen LogP contribution in [0.3, 0.4) is 0 Å². The van der Waals surface area contributed by atoms with Crippen LogP contribution in [-0.2, 0) is 0 Å². The fourth-order valence-corrected chi connectivity index (χ4v) is 2.94. The molecule has 0 nitrogen and oxygen atoms in total. The van der Waals surface area contributed by atoms with E-state index in [0.29, 0.717) is 0 Å². The zero-order chi connectivity index (χ0) is 14.8. The molecule has 0 spiro atoms. The SMILES string of the molecule is Cc1ccc(-c2c(C)ccc(-c3ccccc3)c2C)cc1. The van der Waals surface area contributed by atoms with Gasteiger partial charge in [-0.05, 0) is 54.2 Å². The molecule has 0 unspecified atom stereocenters. The number of aryl methyl sites for hydroxylation is 2. The van der Waals surface area contributed by atoms with Crippen molar-refractivity contribution in [1.29, 1.82) is 0 Å². The normalized spacial score (nSPS) is 10.6. The molecule has 0 atom stereocenters. The van der Waals surface area contributed by atoms with E-state index in [1.54, 1.807) is 0 Å². The van der Waals surface area contributed by atoms with E-state index in [1.165, 1.54) is 38.9 Å². The first kappa shape index (κ1) is 13.6. The molecule has 0 fully saturated rings. The molecule has 3 aromatic rings. The Bertz CT molecular complexity index is 750. The van der Waals surface area contributed by atoms with E-state index in [0.717, 1.165) is 0 Å². The first-order valence-electron chi connectivity index (χ1n) is 7.39. The van der Waals surface area contributed by atoms with Gasteiger partial charge in [0.25, 0.3) is 0 Å². The molecule has 0 heteroatoms. The van der Waals surface area contributed by atoms with Crippen LogP contribution < -0.4 is 0 Å². The topological polar surface area (TPSA) is 0 Å². The fraction of sp³-hybridized carbons (Fsp3) is 0.143. The Morgan fingerprint density at radius 1 is 0.571 bits per heavy atom. The monoisotopic (exact) mass is 272 g/mol. The molecular weight excluding hydrogens is 252 g/mol. The summed E-state index contributed by atoms with van der Waals surface area (Å²) in [6, 6.07) is 23.9. The molecule has 104 valence electrons. The minimum Gasteiger partial charge on any atom is -0.0622 e. The van der Waals surface area contributed by atoms with Crippen LogP contribution in [0.5, 0.6) is 0 Å². The van der Waals surface area contributed by atoms with Gasteiger partial charge in [-0.25, -0.2) is 0 Å². The molecule has 0 aromatic heterocycles. The Morgan fingerprint density at radius 3 is 1.90 bits per heavy atom. The average molecular weight is 272 g/mol. The molecule has 3 aromatic carbocycles. The Kier molecular flexibility index (Phi) is 3.62. The van der Waals surface area contributed by atoms with Gasteiger partial charge in [-0.15, -0.1) is 0 Å². The highest BCUT2D eigenvalue weighted by Gasteiger charge is 2.10. The van der Waals surface area contributed by atoms with Gasteiger partial charge in [0, 0.05) is 0 Å². The van der Waals surface area contributed by atoms with Crippen LogP contribution in [0.1, 0.15) is 16.7 Å². The summed E-state index contributed by atoms with van der Waals surface area (Å²) >= 11 is 0. The van der Waals surface area contributed by atoms with Crippen LogP contribution >= 0.6 is 0 Å². The first-order chi connectivity index (χ1) is 10.2. The van der Waals surface area contributed by atoms with Gasteiger partial charge in [0.15, 0.2) is 0 Å². The molecule has 0 radical (unpaired) electrons. The van der Waals surface area contributed by atoms with Crippen molar-refractivity contribution in [3.8, 4) is 22.3 Å². The minimum atomic E-state index is 1.28. The van der Waals surface area contributed by atoms with Crippen LogP contribution in [0.25, 0.3) is 22.3 Å². The largest absolute Gasteiger partial charge is 0.0622 e. The summed E-state index contributed by atoms with van der Waals surface area (Å²) in [4.78, 5) is 0. The number of benzene rings is 3. The molecule has 0 amide bonds. The van der Waals surface area contributed by atoms with Crippen molar-refractivity contribution in [1.82, 2.24) is 0 Å². The molecule has 0 bridgehead atoms. The maximum Gasteiger partial charge on any atom is -0.0119 e. The van der Waals surface area contributed by atoms with Gasteiger partial charge < -0.3 is 0 Å². The van der Waals surface area contributed by atoms with Gasteiger partial charge >= 0.3 is 0 Å². The summed E-state index contributed by atoms with van der Waals surface area (Å²) in [7, 11) is 0. The van der Waals surface area contributed by atoms with Crippen molar-refractivity contribution in [2.24, 2.45) is 0 Å². The van der Waals surface area contributed by atoms with E-state index in [9.17, 15) is 0 Å². The number of hydrogen-bond donors (Lipinski definition) is 0. The Morgan fingerprint density at radius 2 is 1.24 bits per heavy atom. The standard InChI is InChI=1S/C21H20/c1-15-9-12-19(13-10-15)21-16(2)11-14-20(17(21)3)18-7-5-4-6-8-18/h4-14H,1-3H3. The third kappa shape index (κ3) is 2.62. The van der Waals surface area contributed by atoms with Crippen molar-refractivity contribution in [2.75, 3.05) is 0 Å². The van der Waals surface area contributed by atoms with E-state index >= 15 is 0 Å². The lowest BCUT2D eigenvalue weighted by atomic mass is 9.89. The third-order valence-corrected chi connectivity index (χ3v) is 4.10. The lowest BCUT2D eigenvalue weighted by Crippen LogP contribution is -1.92. The number of rotatable bonds is 2. The molecule has 0 heterocycles. The van der Waals surface area contributed by atoms with Gasteiger partial charge in [0.1, 0.15) is 0 Å². The highest BCUT2D eigenvalue weighted by atomic mass is 14.1. The van der Waals surface area contributed by atoms with Crippen LogP contribution in [0.15, 0.2) is 66.7 Å². The minimum absolute atomic E-state index is 1.28. The van der Waals surface area contributed by atoms with Crippen molar-refractivity contribution in [3.63, 3.8) is 0 Å². The molecule has 21 heavy (non-hydrogen) atoms. The molecule has 0 aliphatic rings. The van der Waals surface area contributed by atoms with Gasteiger partial charge in [-0.1, -0.05) is 72.3 Å². The lowest BCUT2D eigenvalue weighted by Gasteiger charge is -2.15. The van der Waals surface area contributed by atoms with E-state index in [-0.39, 0.29) is 0 Å². The van der Waals surface area contributed by atoms with Crippen LogP contribution in [0.4, 0.5) is 0 Å². The predicted octanol–water partition coefficient (Wildman–Crippen LogP) is 5.95. The summed E-state index contributed by atoms with van der Waals surface area (Å²) in [5, 5.41) is 0. The molecule has 0 saturated heterocycles. The van der Waals surface area contributed by atoms with Crippen LogP contribution in [-0.4, -0.2) is 0 Å². The quantitative estimate of drug-likeness (QED) is 0.541. The summed E-state index contributed by atoms with van der Waals surface area (Å²) < 4.78 is 0. The van der Waals surface area contributed by atoms with Gasteiger partial charge in [-0.2, -0.15) is 0 Å². The molecule has 0 N–H and O–H groups in total. The Labute approximate surface area is 127 Å². The predicted molar refractivity (Wildman–Crippen MR) is 91.5 cm³/mol. The molecule has 3 rings (SSSR count). The summed E-state index contributed by atoms with van der Waals surface area (Å²) in [6.45, 7) is 6.55. The summed E-state index contributed by atoms with van der Waals surface area (Å²) in [5.74, 6) is 0. The fourth-order valence-electron chi connectivity index (χ4n) is 2.94. The number of hydrogen-bond acceptors (Lipinski definition) is 0. The van der Waals surface area contributed by atoms with Crippen molar-refractivity contribution >= 4 is 0 Å². The Balaban J connectivity index is 2.19. The second-order valence-corrected chi connectivity index (χ2v) is 5.66. The summed E-state index contributed by atoms with van der Waals surface area (Å²) in [5.41, 5.74) is 9.24. The van der Waals surface area contributed by atoms with Crippen LogP contribution in [0.2, 0.25) is 0 Å². The van der Waals surface area contributed by atoms with Gasteiger partial charge in [-0.3, -0.25) is 0 Å². The van der Waals surface area contributed by atoms with Crippen molar-refractivity contribution in [2.45, 2.75) is 20.8 Å². The third-order valence-electron chi connectivity index (χ3n) is 4.10. The second kappa shape index (κ2) is 5.57. The zero-order valence-corrected chi connectivity index (χ0v) is 12.9. The van der Waals surface area contributed by atoms with Gasteiger partial charge in [0.2, 0.25) is 0 Å². The van der Waals surface area contributed by atoms with E-state index in [2.05, 4.69) is 87.5 Å². The maximum atomic E-state index is 2.23. The second-order valence-electron chi connectivity index (χ2n) is 5.66. The highest BCUT2D eigenvalue weighted by Crippen LogP contribution is 2.34. The lowest BCUT2D eigenvalue weighted by molar-refractivity contribution is 1.37. The van der Waals surface area contributed by atoms with Crippen molar-refractivity contribution < 1.29 is 0 Å². The van der Waals surface area contributed by atoms with E-state index < -0.39 is 0 Å². The molecule has 0 aliphatic carbocycles. The van der Waals surface area contributed by atoms with E-state index in [4.69, 9.17) is 0 Å². The highest BCUT2D eigenvalue weighted by molar-refractivity contribution is 5.80. The van der Waals surface area contributed by atoms with E-state index in [1.807, 2.05) is 0 Å². The molecule has 0 saturated carbocycles. The molecule has 0 aliphatic heterocycles. The van der Waals surface area contributed by atoms with Crippen molar-refractivity contribution in [3.05, 3.63) is 83.4 Å². The average Bonchev–Trinajstić information content (AvgIpc) is 2.50. The maximum absolute atomic E-state index is 2.23. The van der Waals surface area contributed by atoms with Gasteiger partial charge in [0.05, 0.1) is 0 Å². The first-order valence-corrected chi connectivity index (χ1v) is 7.39. The summed E-state index contributed by atoms with van der Waals surface area (Å²) in [6.07, 6.45) is 0. The molecular formula is C21H20. The van der Waals surface area contributed by atoms with Crippen LogP contribution in [0, 0.1) is 20.8 Å².